The summed E-state index contributed by atoms with van der Waals surface area (Å²) < 4.78 is 10.4. The predicted octanol–water partition coefficient (Wildman–Crippen LogP) is 1.86. The molecule has 0 aromatic heterocycles. The summed E-state index contributed by atoms with van der Waals surface area (Å²) >= 11 is 0. The molecule has 0 saturated carbocycles. The van der Waals surface area contributed by atoms with E-state index in [9.17, 15) is 9.59 Å². The molecule has 0 spiro atoms. The van der Waals surface area contributed by atoms with Gasteiger partial charge < -0.3 is 20.1 Å². The summed E-state index contributed by atoms with van der Waals surface area (Å²) in [6.07, 6.45) is 0.511. The van der Waals surface area contributed by atoms with Gasteiger partial charge in [0.2, 0.25) is 0 Å². The first-order valence-electron chi connectivity index (χ1n) is 6.95. The zero-order valence-electron chi connectivity index (χ0n) is 13.5. The predicted molar refractivity (Wildman–Crippen MR) is 79.7 cm³/mol. The van der Waals surface area contributed by atoms with Crippen LogP contribution in [0.15, 0.2) is 4.99 Å². The van der Waals surface area contributed by atoms with Crippen LogP contribution >= 0.6 is 0 Å². The standard InChI is InChI=1S/C14H25N3O4/c1-13(2,3)20-11(18)16-9-7-15-8-10(9)17-12(19)21-14(4,5)6/h7,9-10H,8H2,1-6H3,(H,16,18)(H,17,19)/t9-,10-/m0/s1. The van der Waals surface area contributed by atoms with Crippen molar-refractivity contribution in [2.75, 3.05) is 6.54 Å². The summed E-state index contributed by atoms with van der Waals surface area (Å²) in [5.74, 6) is 0. The van der Waals surface area contributed by atoms with Crippen LogP contribution in [0.2, 0.25) is 0 Å². The van der Waals surface area contributed by atoms with Crippen molar-refractivity contribution < 1.29 is 19.1 Å². The smallest absolute Gasteiger partial charge is 0.408 e. The van der Waals surface area contributed by atoms with Gasteiger partial charge in [0.05, 0.1) is 18.6 Å². The van der Waals surface area contributed by atoms with E-state index in [1.807, 2.05) is 0 Å². The first kappa shape index (κ1) is 17.3. The third-order valence-corrected chi connectivity index (χ3v) is 2.39. The number of carbonyl (C=O) groups excluding carboxylic acids is 2. The van der Waals surface area contributed by atoms with Crippen molar-refractivity contribution in [2.24, 2.45) is 4.99 Å². The lowest BCUT2D eigenvalue weighted by Crippen LogP contribution is -2.53. The second-order valence-corrected chi connectivity index (χ2v) is 6.94. The van der Waals surface area contributed by atoms with Crippen molar-refractivity contribution in [1.82, 2.24) is 10.6 Å². The van der Waals surface area contributed by atoms with E-state index in [1.54, 1.807) is 47.8 Å². The van der Waals surface area contributed by atoms with Crippen LogP contribution in [0.3, 0.4) is 0 Å². The monoisotopic (exact) mass is 299 g/mol. The molecular formula is C14H25N3O4. The number of ether oxygens (including phenoxy) is 2. The van der Waals surface area contributed by atoms with E-state index in [-0.39, 0.29) is 6.04 Å². The van der Waals surface area contributed by atoms with Crippen LogP contribution < -0.4 is 10.6 Å². The number of nitrogens with zero attached hydrogens (tertiary/aromatic N) is 1. The molecule has 0 aliphatic carbocycles. The zero-order chi connectivity index (χ0) is 16.3. The van der Waals surface area contributed by atoms with Crippen molar-refractivity contribution in [3.05, 3.63) is 0 Å². The fraction of sp³-hybridized carbons (Fsp3) is 0.786. The Bertz CT molecular complexity index is 421. The Balaban J connectivity index is 2.50. The van der Waals surface area contributed by atoms with Crippen LogP contribution in [0, 0.1) is 0 Å². The molecular weight excluding hydrogens is 274 g/mol. The SMILES string of the molecule is CC(C)(C)OC(=O)N[C@H]1C=NC[C@@H]1NC(=O)OC(C)(C)C. The summed E-state index contributed by atoms with van der Waals surface area (Å²) in [5, 5.41) is 5.37. The number of hydrogen-bond acceptors (Lipinski definition) is 5. The van der Waals surface area contributed by atoms with Crippen molar-refractivity contribution in [3.8, 4) is 0 Å². The maximum absolute atomic E-state index is 11.7. The Hall–Kier alpha value is -1.79. The fourth-order valence-corrected chi connectivity index (χ4v) is 1.68. The summed E-state index contributed by atoms with van der Waals surface area (Å²) in [5.41, 5.74) is -1.15. The van der Waals surface area contributed by atoms with Gasteiger partial charge in [-0.3, -0.25) is 4.99 Å². The molecule has 1 rings (SSSR count). The lowest BCUT2D eigenvalue weighted by molar-refractivity contribution is 0.0457. The molecule has 21 heavy (non-hydrogen) atoms. The van der Waals surface area contributed by atoms with Crippen molar-refractivity contribution >= 4 is 18.4 Å². The molecule has 1 aliphatic rings. The Morgan fingerprint density at radius 1 is 1.00 bits per heavy atom. The van der Waals surface area contributed by atoms with Gasteiger partial charge >= 0.3 is 12.2 Å². The van der Waals surface area contributed by atoms with Gasteiger partial charge in [-0.2, -0.15) is 0 Å². The van der Waals surface area contributed by atoms with Gasteiger partial charge in [0.15, 0.2) is 0 Å². The second kappa shape index (κ2) is 6.32. The van der Waals surface area contributed by atoms with Gasteiger partial charge in [-0.15, -0.1) is 0 Å². The number of nitrogens with one attached hydrogen (secondary N) is 2. The third-order valence-electron chi connectivity index (χ3n) is 2.39. The van der Waals surface area contributed by atoms with E-state index in [2.05, 4.69) is 15.6 Å². The average Bonchev–Trinajstić information content (AvgIpc) is 2.59. The fourth-order valence-electron chi connectivity index (χ4n) is 1.68. The van der Waals surface area contributed by atoms with Crippen LogP contribution in [0.25, 0.3) is 0 Å². The number of aliphatic imine (C=N–C) groups is 1. The van der Waals surface area contributed by atoms with Crippen LogP contribution in [-0.4, -0.2) is 48.2 Å². The van der Waals surface area contributed by atoms with Gasteiger partial charge in [0.1, 0.15) is 11.2 Å². The molecule has 0 fully saturated rings. The van der Waals surface area contributed by atoms with Gasteiger partial charge in [0, 0.05) is 6.21 Å². The topological polar surface area (TPSA) is 89.0 Å². The molecule has 1 heterocycles. The number of amides is 2. The second-order valence-electron chi connectivity index (χ2n) is 6.94. The highest BCUT2D eigenvalue weighted by atomic mass is 16.6. The number of hydrogen-bond donors (Lipinski definition) is 2. The molecule has 0 saturated heterocycles. The average molecular weight is 299 g/mol. The zero-order valence-corrected chi connectivity index (χ0v) is 13.5. The van der Waals surface area contributed by atoms with E-state index in [4.69, 9.17) is 9.47 Å². The molecule has 1 aliphatic heterocycles. The minimum atomic E-state index is -0.575. The van der Waals surface area contributed by atoms with E-state index < -0.39 is 29.4 Å². The molecule has 7 heteroatoms. The summed E-state index contributed by atoms with van der Waals surface area (Å²) in [6, 6.07) is -0.750. The molecule has 120 valence electrons. The largest absolute Gasteiger partial charge is 0.444 e. The van der Waals surface area contributed by atoms with E-state index >= 15 is 0 Å². The van der Waals surface area contributed by atoms with Gasteiger partial charge in [-0.25, -0.2) is 9.59 Å². The minimum absolute atomic E-state index is 0.340. The molecule has 0 aromatic rings. The van der Waals surface area contributed by atoms with Gasteiger partial charge in [-0.1, -0.05) is 0 Å². The molecule has 0 aromatic carbocycles. The first-order valence-corrected chi connectivity index (χ1v) is 6.95. The number of rotatable bonds is 2. The molecule has 2 atom stereocenters. The normalized spacial score (nSPS) is 21.8. The maximum Gasteiger partial charge on any atom is 0.408 e. The Kier molecular flexibility index (Phi) is 5.20. The van der Waals surface area contributed by atoms with Crippen LogP contribution in [0.4, 0.5) is 9.59 Å². The highest BCUT2D eigenvalue weighted by Gasteiger charge is 2.30. The lowest BCUT2D eigenvalue weighted by atomic mass is 10.1. The van der Waals surface area contributed by atoms with E-state index in [0.29, 0.717) is 6.54 Å². The quantitative estimate of drug-likeness (QED) is 0.814. The molecule has 2 amide bonds. The Morgan fingerprint density at radius 3 is 1.95 bits per heavy atom. The Morgan fingerprint density at radius 2 is 1.48 bits per heavy atom. The van der Waals surface area contributed by atoms with E-state index in [0.717, 1.165) is 0 Å². The van der Waals surface area contributed by atoms with Crippen LogP contribution in [0.5, 0.6) is 0 Å². The van der Waals surface area contributed by atoms with Crippen molar-refractivity contribution in [2.45, 2.75) is 64.8 Å². The lowest BCUT2D eigenvalue weighted by Gasteiger charge is -2.25. The van der Waals surface area contributed by atoms with Gasteiger partial charge in [0.25, 0.3) is 0 Å². The molecule has 7 nitrogen and oxygen atoms in total. The molecule has 0 bridgehead atoms. The van der Waals surface area contributed by atoms with Crippen molar-refractivity contribution in [1.29, 1.82) is 0 Å². The number of alkyl carbamates (subject to hydrolysis) is 2. The number of carbonyl (C=O) groups is 2. The highest BCUT2D eigenvalue weighted by Crippen LogP contribution is 2.10. The summed E-state index contributed by atoms with van der Waals surface area (Å²) in [7, 11) is 0. The van der Waals surface area contributed by atoms with Gasteiger partial charge in [-0.05, 0) is 41.5 Å². The summed E-state index contributed by atoms with van der Waals surface area (Å²) in [4.78, 5) is 27.6. The molecule has 0 unspecified atom stereocenters. The maximum atomic E-state index is 11.7. The summed E-state index contributed by atoms with van der Waals surface area (Å²) in [6.45, 7) is 11.1. The van der Waals surface area contributed by atoms with E-state index in [1.165, 1.54) is 0 Å². The molecule has 2 N–H and O–H groups in total. The molecule has 0 radical (unpaired) electrons. The first-order chi connectivity index (χ1) is 9.46. The van der Waals surface area contributed by atoms with Crippen LogP contribution in [0.1, 0.15) is 41.5 Å². The highest BCUT2D eigenvalue weighted by molar-refractivity contribution is 5.79. The van der Waals surface area contributed by atoms with Crippen molar-refractivity contribution in [3.63, 3.8) is 0 Å². The Labute approximate surface area is 125 Å². The third kappa shape index (κ3) is 6.97. The van der Waals surface area contributed by atoms with Crippen LogP contribution in [-0.2, 0) is 9.47 Å². The minimum Gasteiger partial charge on any atom is -0.444 e.